The molecule has 1 aromatic carbocycles. The Morgan fingerprint density at radius 1 is 1.11 bits per heavy atom. The van der Waals surface area contributed by atoms with Crippen molar-refractivity contribution in [3.8, 4) is 11.5 Å². The summed E-state index contributed by atoms with van der Waals surface area (Å²) in [6.45, 7) is 6.28. The van der Waals surface area contributed by atoms with Crippen LogP contribution in [0.1, 0.15) is 60.8 Å². The average molecular weight is 501 g/mol. The Hall–Kier alpha value is -2.84. The van der Waals surface area contributed by atoms with Gasteiger partial charge < -0.3 is 24.4 Å². The van der Waals surface area contributed by atoms with Gasteiger partial charge in [-0.15, -0.1) is 11.3 Å². The van der Waals surface area contributed by atoms with Gasteiger partial charge in [0.2, 0.25) is 5.78 Å². The second-order valence-corrected chi connectivity index (χ2v) is 9.77. The van der Waals surface area contributed by atoms with E-state index in [9.17, 15) is 14.7 Å². The minimum atomic E-state index is -0.701. The van der Waals surface area contributed by atoms with Crippen molar-refractivity contribution in [1.29, 1.82) is 0 Å². The Bertz CT molecular complexity index is 1030. The first-order chi connectivity index (χ1) is 16.9. The zero-order valence-electron chi connectivity index (χ0n) is 21.1. The van der Waals surface area contributed by atoms with E-state index in [1.165, 1.54) is 11.3 Å². The molecule has 0 bridgehead atoms. The lowest BCUT2D eigenvalue weighted by atomic mass is 9.95. The second kappa shape index (κ2) is 12.7. The molecule has 1 aromatic heterocycles. The molecule has 8 heteroatoms. The van der Waals surface area contributed by atoms with Crippen LogP contribution in [0.2, 0.25) is 0 Å². The van der Waals surface area contributed by atoms with Gasteiger partial charge in [0, 0.05) is 6.54 Å². The number of unbranched alkanes of at least 4 members (excludes halogenated alkanes) is 2. The molecule has 35 heavy (non-hydrogen) atoms. The van der Waals surface area contributed by atoms with Crippen LogP contribution in [0.4, 0.5) is 0 Å². The van der Waals surface area contributed by atoms with E-state index in [0.29, 0.717) is 48.1 Å². The molecule has 0 aliphatic carbocycles. The molecular weight excluding hydrogens is 464 g/mol. The lowest BCUT2D eigenvalue weighted by Crippen LogP contribution is -2.33. The number of thiophene rings is 1. The second-order valence-electron chi connectivity index (χ2n) is 8.82. The number of Topliss-reactive ketones (excluding diaryl/α,β-unsaturated/α-hetero) is 1. The normalized spacial score (nSPS) is 15.9. The zero-order chi connectivity index (χ0) is 25.4. The Labute approximate surface area is 212 Å². The minimum absolute atomic E-state index is 0.112. The predicted molar refractivity (Wildman–Crippen MR) is 139 cm³/mol. The van der Waals surface area contributed by atoms with E-state index in [0.717, 1.165) is 25.8 Å². The van der Waals surface area contributed by atoms with Crippen molar-refractivity contribution < 1.29 is 24.2 Å². The van der Waals surface area contributed by atoms with E-state index < -0.39 is 17.7 Å². The summed E-state index contributed by atoms with van der Waals surface area (Å²) in [5.41, 5.74) is 0.817. The van der Waals surface area contributed by atoms with Gasteiger partial charge in [0.05, 0.1) is 29.7 Å². The number of hydrogen-bond acceptors (Lipinski definition) is 7. The van der Waals surface area contributed by atoms with Crippen molar-refractivity contribution in [2.75, 3.05) is 40.4 Å². The van der Waals surface area contributed by atoms with Crippen LogP contribution in [-0.2, 0) is 4.79 Å². The van der Waals surface area contributed by atoms with Crippen molar-refractivity contribution in [3.63, 3.8) is 0 Å². The molecule has 0 radical (unpaired) electrons. The molecule has 1 N–H and O–H groups in total. The van der Waals surface area contributed by atoms with Crippen LogP contribution in [0.15, 0.2) is 47.0 Å². The number of hydrogen-bond donors (Lipinski definition) is 1. The highest BCUT2D eigenvalue weighted by atomic mass is 32.1. The van der Waals surface area contributed by atoms with Crippen molar-refractivity contribution in [2.24, 2.45) is 0 Å². The fraction of sp³-hybridized carbons (Fsp3) is 0.481. The van der Waals surface area contributed by atoms with E-state index in [1.54, 1.807) is 17.0 Å². The first kappa shape index (κ1) is 26.8. The monoisotopic (exact) mass is 500 g/mol. The predicted octanol–water partition coefficient (Wildman–Crippen LogP) is 5.25. The number of ketones is 1. The fourth-order valence-electron chi connectivity index (χ4n) is 4.18. The Morgan fingerprint density at radius 3 is 2.57 bits per heavy atom. The molecule has 2 heterocycles. The maximum Gasteiger partial charge on any atom is 0.290 e. The van der Waals surface area contributed by atoms with Gasteiger partial charge in [-0.2, -0.15) is 0 Å². The van der Waals surface area contributed by atoms with Gasteiger partial charge in [-0.05, 0) is 69.5 Å². The van der Waals surface area contributed by atoms with Crippen LogP contribution in [0, 0.1) is 0 Å². The number of carbonyl (C=O) groups is 2. The molecule has 7 nitrogen and oxygen atoms in total. The van der Waals surface area contributed by atoms with Gasteiger partial charge in [0.25, 0.3) is 5.91 Å². The first-order valence-electron chi connectivity index (χ1n) is 12.3. The third-order valence-electron chi connectivity index (χ3n) is 5.89. The number of nitrogens with zero attached hydrogens (tertiary/aromatic N) is 2. The number of aliphatic hydroxyl groups excluding tert-OH is 1. The third kappa shape index (κ3) is 6.44. The molecule has 1 aliphatic heterocycles. The van der Waals surface area contributed by atoms with Gasteiger partial charge in [0.1, 0.15) is 0 Å². The summed E-state index contributed by atoms with van der Waals surface area (Å²) in [4.78, 5) is 30.7. The summed E-state index contributed by atoms with van der Waals surface area (Å²) in [5.74, 6) is -0.127. The molecule has 1 aliphatic rings. The molecule has 0 spiro atoms. The van der Waals surface area contributed by atoms with Crippen LogP contribution in [0.25, 0.3) is 0 Å². The number of aliphatic hydroxyl groups is 1. The summed E-state index contributed by atoms with van der Waals surface area (Å²) in [6.07, 6.45) is 3.86. The van der Waals surface area contributed by atoms with Crippen LogP contribution >= 0.6 is 11.3 Å². The van der Waals surface area contributed by atoms with Gasteiger partial charge in [0.15, 0.2) is 17.3 Å². The van der Waals surface area contributed by atoms with Crippen LogP contribution in [-0.4, -0.2) is 67.0 Å². The van der Waals surface area contributed by atoms with Gasteiger partial charge >= 0.3 is 0 Å². The number of amides is 1. The summed E-state index contributed by atoms with van der Waals surface area (Å²) >= 11 is 1.29. The SMILES string of the molecule is CCCCCOc1ccc(C2C(C(=O)c3cccs3)=C(O)C(=O)N2CCCN(C)C)cc1OCC. The molecule has 1 amide bonds. The van der Waals surface area contributed by atoms with Crippen molar-refractivity contribution in [2.45, 2.75) is 45.6 Å². The topological polar surface area (TPSA) is 79.3 Å². The number of benzene rings is 1. The summed E-state index contributed by atoms with van der Waals surface area (Å²) in [5, 5.41) is 12.6. The molecule has 1 atom stereocenters. The van der Waals surface area contributed by atoms with Crippen molar-refractivity contribution in [1.82, 2.24) is 9.80 Å². The van der Waals surface area contributed by atoms with Gasteiger partial charge in [-0.3, -0.25) is 9.59 Å². The zero-order valence-corrected chi connectivity index (χ0v) is 21.9. The Kier molecular flexibility index (Phi) is 9.74. The van der Waals surface area contributed by atoms with Gasteiger partial charge in [-0.25, -0.2) is 0 Å². The van der Waals surface area contributed by atoms with Gasteiger partial charge in [-0.1, -0.05) is 31.9 Å². The van der Waals surface area contributed by atoms with E-state index in [-0.39, 0.29) is 11.4 Å². The largest absolute Gasteiger partial charge is 0.503 e. The lowest BCUT2D eigenvalue weighted by Gasteiger charge is -2.28. The van der Waals surface area contributed by atoms with Crippen LogP contribution in [0.5, 0.6) is 11.5 Å². The highest BCUT2D eigenvalue weighted by Crippen LogP contribution is 2.42. The third-order valence-corrected chi connectivity index (χ3v) is 6.76. The van der Waals surface area contributed by atoms with Crippen LogP contribution in [0.3, 0.4) is 0 Å². The Morgan fingerprint density at radius 2 is 1.91 bits per heavy atom. The molecule has 0 saturated carbocycles. The smallest absolute Gasteiger partial charge is 0.290 e. The van der Waals surface area contributed by atoms with Crippen LogP contribution < -0.4 is 9.47 Å². The maximum absolute atomic E-state index is 13.4. The first-order valence-corrected chi connectivity index (χ1v) is 13.1. The average Bonchev–Trinajstić information content (AvgIpc) is 3.45. The highest BCUT2D eigenvalue weighted by molar-refractivity contribution is 7.12. The lowest BCUT2D eigenvalue weighted by molar-refractivity contribution is -0.129. The molecule has 0 fully saturated rings. The van der Waals surface area contributed by atoms with Crippen molar-refractivity contribution in [3.05, 3.63) is 57.5 Å². The molecule has 3 rings (SSSR count). The van der Waals surface area contributed by atoms with E-state index >= 15 is 0 Å². The van der Waals surface area contributed by atoms with Crippen molar-refractivity contribution >= 4 is 23.0 Å². The maximum atomic E-state index is 13.4. The quantitative estimate of drug-likeness (QED) is 0.282. The molecule has 190 valence electrons. The molecule has 1 unspecified atom stereocenters. The van der Waals surface area contributed by atoms with E-state index in [1.807, 2.05) is 49.5 Å². The van der Waals surface area contributed by atoms with E-state index in [2.05, 4.69) is 6.92 Å². The van der Waals surface area contributed by atoms with E-state index in [4.69, 9.17) is 9.47 Å². The molecular formula is C27H36N2O5S. The number of carbonyl (C=O) groups excluding carboxylic acids is 2. The summed E-state index contributed by atoms with van der Waals surface area (Å²) in [7, 11) is 3.94. The summed E-state index contributed by atoms with van der Waals surface area (Å²) < 4.78 is 11.8. The highest BCUT2D eigenvalue weighted by Gasteiger charge is 2.44. The number of rotatable bonds is 14. The molecule has 2 aromatic rings. The molecule has 0 saturated heterocycles. The minimum Gasteiger partial charge on any atom is -0.503 e. The fourth-order valence-corrected chi connectivity index (χ4v) is 4.85. The summed E-state index contributed by atoms with van der Waals surface area (Å²) in [6, 6.07) is 8.31. The standard InChI is InChI=1S/C27H36N2O5S/c1-5-7-8-16-34-20-13-12-19(18-21(20)33-6-2)24-23(25(30)22-11-9-17-35-22)26(31)27(32)29(24)15-10-14-28(3)4/h9,11-13,17-18,24,31H,5-8,10,14-16H2,1-4H3. The Balaban J connectivity index is 1.98. The number of ether oxygens (including phenoxy) is 2.